The predicted octanol–water partition coefficient (Wildman–Crippen LogP) is 5.72. The molecule has 6 nitrogen and oxygen atoms in total. The van der Waals surface area contributed by atoms with Crippen molar-refractivity contribution in [2.45, 2.75) is 13.3 Å². The van der Waals surface area contributed by atoms with E-state index in [1.165, 1.54) is 19.8 Å². The third-order valence-corrected chi connectivity index (χ3v) is 5.70. The molecular weight excluding hydrogens is 420 g/mol. The van der Waals surface area contributed by atoms with Gasteiger partial charge in [0.1, 0.15) is 22.6 Å². The average molecular weight is 446 g/mol. The summed E-state index contributed by atoms with van der Waals surface area (Å²) in [6.45, 7) is 2.10. The van der Waals surface area contributed by atoms with Gasteiger partial charge in [0.05, 0.1) is 34.0 Å². The van der Waals surface area contributed by atoms with E-state index in [-0.39, 0.29) is 11.2 Å². The van der Waals surface area contributed by atoms with Crippen LogP contribution in [0.1, 0.15) is 12.5 Å². The van der Waals surface area contributed by atoms with E-state index >= 15 is 0 Å². The van der Waals surface area contributed by atoms with E-state index in [9.17, 15) is 4.79 Å². The molecule has 3 aromatic carbocycles. The second-order valence-corrected chi connectivity index (χ2v) is 7.43. The van der Waals surface area contributed by atoms with Crippen LogP contribution in [-0.2, 0) is 6.42 Å². The summed E-state index contributed by atoms with van der Waals surface area (Å²) in [7, 11) is 6.13. The Balaban J connectivity index is 2.11. The van der Waals surface area contributed by atoms with Crippen LogP contribution in [0.4, 0.5) is 0 Å². The fraction of sp³-hybridized carbons (Fsp3) is 0.222. The van der Waals surface area contributed by atoms with Gasteiger partial charge in [-0.25, -0.2) is 0 Å². The zero-order valence-corrected chi connectivity index (χ0v) is 19.4. The Labute approximate surface area is 192 Å². The maximum Gasteiger partial charge on any atom is 0.239 e. The molecule has 33 heavy (non-hydrogen) atoms. The Kier molecular flexibility index (Phi) is 6.27. The summed E-state index contributed by atoms with van der Waals surface area (Å²) >= 11 is 0. The first-order valence-corrected chi connectivity index (χ1v) is 10.6. The lowest BCUT2D eigenvalue weighted by atomic mass is 9.98. The molecule has 0 atom stereocenters. The topological polar surface area (TPSA) is 67.1 Å². The first-order valence-electron chi connectivity index (χ1n) is 10.6. The lowest BCUT2D eigenvalue weighted by molar-refractivity contribution is 0.389. The number of benzene rings is 3. The van der Waals surface area contributed by atoms with E-state index in [4.69, 9.17) is 23.4 Å². The van der Waals surface area contributed by atoms with Gasteiger partial charge in [0, 0.05) is 11.6 Å². The highest BCUT2D eigenvalue weighted by atomic mass is 16.5. The monoisotopic (exact) mass is 446 g/mol. The van der Waals surface area contributed by atoms with Crippen molar-refractivity contribution in [3.8, 4) is 45.4 Å². The van der Waals surface area contributed by atoms with Gasteiger partial charge in [0.25, 0.3) is 0 Å². The Bertz CT molecular complexity index is 1330. The first kappa shape index (κ1) is 22.3. The largest absolute Gasteiger partial charge is 0.497 e. The van der Waals surface area contributed by atoms with Crippen LogP contribution >= 0.6 is 0 Å². The van der Waals surface area contributed by atoms with Gasteiger partial charge >= 0.3 is 0 Å². The van der Waals surface area contributed by atoms with Crippen molar-refractivity contribution in [2.75, 3.05) is 28.4 Å². The van der Waals surface area contributed by atoms with Crippen LogP contribution in [0.3, 0.4) is 0 Å². The second kappa shape index (κ2) is 9.28. The van der Waals surface area contributed by atoms with E-state index in [1.807, 2.05) is 24.3 Å². The minimum Gasteiger partial charge on any atom is -0.497 e. The Hall–Kier alpha value is -3.93. The van der Waals surface area contributed by atoms with Gasteiger partial charge in [0.15, 0.2) is 11.3 Å². The van der Waals surface area contributed by atoms with Crippen LogP contribution in [-0.4, -0.2) is 28.4 Å². The highest BCUT2D eigenvalue weighted by Gasteiger charge is 2.25. The summed E-state index contributed by atoms with van der Waals surface area (Å²) in [4.78, 5) is 13.6. The quantitative estimate of drug-likeness (QED) is 0.362. The number of methoxy groups -OCH3 is 4. The number of ether oxygens (including phenoxy) is 4. The van der Waals surface area contributed by atoms with Crippen molar-refractivity contribution in [3.05, 3.63) is 70.4 Å². The molecule has 4 rings (SSSR count). The molecule has 0 saturated carbocycles. The van der Waals surface area contributed by atoms with Crippen LogP contribution in [0, 0.1) is 0 Å². The molecule has 0 aliphatic carbocycles. The standard InChI is InChI=1S/C27H26O6/c1-6-16-7-9-17(10-8-16)22-20(30-3)15-21(31-4)23-24(28)27(32-5)25(33-26(22)23)18-11-13-19(29-2)14-12-18/h7-15H,6H2,1-5H3. The molecule has 0 aliphatic rings. The molecule has 0 radical (unpaired) electrons. The van der Waals surface area contributed by atoms with E-state index in [1.54, 1.807) is 32.4 Å². The molecule has 0 unspecified atom stereocenters. The van der Waals surface area contributed by atoms with E-state index in [0.29, 0.717) is 45.1 Å². The summed E-state index contributed by atoms with van der Waals surface area (Å²) in [6.07, 6.45) is 0.925. The van der Waals surface area contributed by atoms with E-state index < -0.39 is 0 Å². The number of hydrogen-bond donors (Lipinski definition) is 0. The molecule has 0 bridgehead atoms. The molecule has 0 spiro atoms. The molecule has 170 valence electrons. The van der Waals surface area contributed by atoms with E-state index in [0.717, 1.165) is 12.0 Å². The van der Waals surface area contributed by atoms with Crippen molar-refractivity contribution in [2.24, 2.45) is 0 Å². The third kappa shape index (κ3) is 3.89. The fourth-order valence-electron chi connectivity index (χ4n) is 3.91. The van der Waals surface area contributed by atoms with Gasteiger partial charge in [-0.05, 0) is 41.8 Å². The summed E-state index contributed by atoms with van der Waals surface area (Å²) in [5.74, 6) is 2.01. The van der Waals surface area contributed by atoms with Crippen LogP contribution in [0.25, 0.3) is 33.4 Å². The van der Waals surface area contributed by atoms with Gasteiger partial charge in [-0.2, -0.15) is 0 Å². The SMILES string of the molecule is CCc1ccc(-c2c(OC)cc(OC)c3c(=O)c(OC)c(-c4ccc(OC)cc4)oc23)cc1. The summed E-state index contributed by atoms with van der Waals surface area (Å²) in [6, 6.07) is 17.0. The Morgan fingerprint density at radius 3 is 1.94 bits per heavy atom. The summed E-state index contributed by atoms with van der Waals surface area (Å²) < 4.78 is 28.4. The van der Waals surface area contributed by atoms with Crippen LogP contribution in [0.15, 0.2) is 63.8 Å². The van der Waals surface area contributed by atoms with Crippen molar-refractivity contribution in [3.63, 3.8) is 0 Å². The molecule has 0 saturated heterocycles. The summed E-state index contributed by atoms with van der Waals surface area (Å²) in [5.41, 5.74) is 3.47. The molecule has 4 aromatic rings. The molecule has 0 amide bonds. The third-order valence-electron chi connectivity index (χ3n) is 5.70. The highest BCUT2D eigenvalue weighted by molar-refractivity contribution is 6.00. The summed E-state index contributed by atoms with van der Waals surface area (Å²) in [5, 5.41) is 0.293. The lowest BCUT2D eigenvalue weighted by Gasteiger charge is -2.17. The predicted molar refractivity (Wildman–Crippen MR) is 129 cm³/mol. The average Bonchev–Trinajstić information content (AvgIpc) is 2.87. The second-order valence-electron chi connectivity index (χ2n) is 7.43. The van der Waals surface area contributed by atoms with Crippen LogP contribution in [0.2, 0.25) is 0 Å². The molecule has 1 heterocycles. The molecule has 6 heteroatoms. The molecule has 0 N–H and O–H groups in total. The zero-order valence-electron chi connectivity index (χ0n) is 19.4. The van der Waals surface area contributed by atoms with E-state index in [2.05, 4.69) is 19.1 Å². The highest BCUT2D eigenvalue weighted by Crippen LogP contribution is 2.44. The van der Waals surface area contributed by atoms with Gasteiger partial charge in [-0.15, -0.1) is 0 Å². The number of hydrogen-bond acceptors (Lipinski definition) is 6. The lowest BCUT2D eigenvalue weighted by Crippen LogP contribution is -2.10. The maximum atomic E-state index is 13.6. The van der Waals surface area contributed by atoms with Crippen LogP contribution < -0.4 is 24.4 Å². The van der Waals surface area contributed by atoms with Crippen molar-refractivity contribution in [1.82, 2.24) is 0 Å². The van der Waals surface area contributed by atoms with Gasteiger partial charge < -0.3 is 23.4 Å². The van der Waals surface area contributed by atoms with Gasteiger partial charge in [-0.1, -0.05) is 31.2 Å². The molecule has 0 fully saturated rings. The zero-order chi connectivity index (χ0) is 23.5. The first-order chi connectivity index (χ1) is 16.1. The maximum absolute atomic E-state index is 13.6. The van der Waals surface area contributed by atoms with Gasteiger partial charge in [-0.3, -0.25) is 4.79 Å². The number of aryl methyl sites for hydroxylation is 1. The fourth-order valence-corrected chi connectivity index (χ4v) is 3.91. The normalized spacial score (nSPS) is 10.8. The smallest absolute Gasteiger partial charge is 0.239 e. The number of fused-ring (bicyclic) bond motifs is 1. The Morgan fingerprint density at radius 2 is 1.39 bits per heavy atom. The van der Waals surface area contributed by atoms with Gasteiger partial charge in [0.2, 0.25) is 11.2 Å². The van der Waals surface area contributed by atoms with Crippen LogP contribution in [0.5, 0.6) is 23.0 Å². The minimum atomic E-state index is -0.324. The van der Waals surface area contributed by atoms with Crippen molar-refractivity contribution in [1.29, 1.82) is 0 Å². The molecular formula is C27H26O6. The Morgan fingerprint density at radius 1 is 0.758 bits per heavy atom. The molecule has 0 aliphatic heterocycles. The molecule has 1 aromatic heterocycles. The van der Waals surface area contributed by atoms with Crippen molar-refractivity contribution < 1.29 is 23.4 Å². The minimum absolute atomic E-state index is 0.100. The number of rotatable bonds is 7. The van der Waals surface area contributed by atoms with Crippen molar-refractivity contribution >= 4 is 11.0 Å².